The van der Waals surface area contributed by atoms with E-state index in [1.54, 1.807) is 6.20 Å². The molecule has 7 heteroatoms. The van der Waals surface area contributed by atoms with Crippen LogP contribution >= 0.6 is 24.8 Å². The number of hydrogen-bond acceptors (Lipinski definition) is 4. The maximum absolute atomic E-state index is 11.8. The fraction of sp³-hybridized carbons (Fsp3) is 0.375. The van der Waals surface area contributed by atoms with Gasteiger partial charge in [0, 0.05) is 30.5 Å². The van der Waals surface area contributed by atoms with Crippen molar-refractivity contribution in [3.63, 3.8) is 0 Å². The van der Waals surface area contributed by atoms with E-state index in [0.29, 0.717) is 31.0 Å². The van der Waals surface area contributed by atoms with Crippen LogP contribution in [0.4, 0.5) is 0 Å². The number of nitrogens with one attached hydrogen (secondary N) is 1. The van der Waals surface area contributed by atoms with Crippen molar-refractivity contribution in [2.24, 2.45) is 5.73 Å². The van der Waals surface area contributed by atoms with Gasteiger partial charge < -0.3 is 15.5 Å². The number of nitrogens with zero attached hydrogens (tertiary/aromatic N) is 1. The number of hydrogen-bond donors (Lipinski definition) is 2. The smallest absolute Gasteiger partial charge is 0.220 e. The number of halogens is 2. The monoisotopic (exact) mass is 359 g/mol. The molecule has 0 aliphatic heterocycles. The summed E-state index contributed by atoms with van der Waals surface area (Å²) in [6.45, 7) is 4.18. The molecular weight excluding hydrogens is 337 g/mol. The van der Waals surface area contributed by atoms with E-state index < -0.39 is 0 Å². The summed E-state index contributed by atoms with van der Waals surface area (Å²) in [4.78, 5) is 16.0. The van der Waals surface area contributed by atoms with Gasteiger partial charge in [-0.25, -0.2) is 4.98 Å². The SMILES string of the molecule is CC(C)(CN)NC(=O)CCc1ncc(-c2ccccc2)o1.Cl.Cl. The molecule has 0 atom stereocenters. The molecular formula is C16H23Cl2N3O2. The molecule has 0 aliphatic carbocycles. The second-order valence-electron chi connectivity index (χ2n) is 5.62. The average Bonchev–Trinajstić information content (AvgIpc) is 2.95. The number of nitrogens with two attached hydrogens (primary N) is 1. The van der Waals surface area contributed by atoms with Crippen LogP contribution in [-0.4, -0.2) is 23.0 Å². The highest BCUT2D eigenvalue weighted by Gasteiger charge is 2.18. The molecule has 3 N–H and O–H groups in total. The summed E-state index contributed by atoms with van der Waals surface area (Å²) in [5, 5.41) is 2.88. The van der Waals surface area contributed by atoms with Crippen LogP contribution in [0, 0.1) is 0 Å². The van der Waals surface area contributed by atoms with Crippen LogP contribution in [0.3, 0.4) is 0 Å². The van der Waals surface area contributed by atoms with Gasteiger partial charge in [-0.05, 0) is 13.8 Å². The van der Waals surface area contributed by atoms with E-state index in [1.165, 1.54) is 0 Å². The van der Waals surface area contributed by atoms with E-state index in [9.17, 15) is 4.79 Å². The molecule has 0 unspecified atom stereocenters. The lowest BCUT2D eigenvalue weighted by Gasteiger charge is -2.23. The number of carbonyl (C=O) groups is 1. The second kappa shape index (κ2) is 9.55. The Bertz CT molecular complexity index is 600. The van der Waals surface area contributed by atoms with Crippen molar-refractivity contribution < 1.29 is 9.21 Å². The van der Waals surface area contributed by atoms with E-state index in [0.717, 1.165) is 5.56 Å². The molecule has 128 valence electrons. The van der Waals surface area contributed by atoms with Crippen LogP contribution in [0.15, 0.2) is 40.9 Å². The molecule has 1 aromatic heterocycles. The first-order chi connectivity index (χ1) is 10.00. The first-order valence-electron chi connectivity index (χ1n) is 7.01. The molecule has 23 heavy (non-hydrogen) atoms. The minimum absolute atomic E-state index is 0. The van der Waals surface area contributed by atoms with Crippen LogP contribution in [0.1, 0.15) is 26.2 Å². The number of carbonyl (C=O) groups excluding carboxylic acids is 1. The average molecular weight is 360 g/mol. The van der Waals surface area contributed by atoms with Gasteiger partial charge in [0.1, 0.15) is 0 Å². The normalized spacial score (nSPS) is 10.4. The lowest BCUT2D eigenvalue weighted by atomic mass is 10.1. The van der Waals surface area contributed by atoms with Gasteiger partial charge in [-0.15, -0.1) is 24.8 Å². The van der Waals surface area contributed by atoms with E-state index in [4.69, 9.17) is 10.2 Å². The van der Waals surface area contributed by atoms with Crippen LogP contribution in [-0.2, 0) is 11.2 Å². The zero-order valence-corrected chi connectivity index (χ0v) is 14.9. The summed E-state index contributed by atoms with van der Waals surface area (Å²) < 4.78 is 5.66. The number of rotatable bonds is 6. The van der Waals surface area contributed by atoms with E-state index >= 15 is 0 Å². The fourth-order valence-corrected chi connectivity index (χ4v) is 1.87. The Morgan fingerprint density at radius 3 is 2.52 bits per heavy atom. The summed E-state index contributed by atoms with van der Waals surface area (Å²) >= 11 is 0. The number of aryl methyl sites for hydroxylation is 1. The summed E-state index contributed by atoms with van der Waals surface area (Å²) in [7, 11) is 0. The van der Waals surface area contributed by atoms with Crippen molar-refractivity contribution in [3.05, 3.63) is 42.4 Å². The second-order valence-corrected chi connectivity index (χ2v) is 5.62. The van der Waals surface area contributed by atoms with E-state index in [2.05, 4.69) is 10.3 Å². The van der Waals surface area contributed by atoms with Gasteiger partial charge in [0.25, 0.3) is 0 Å². The quantitative estimate of drug-likeness (QED) is 0.830. The van der Waals surface area contributed by atoms with Gasteiger partial charge in [-0.2, -0.15) is 0 Å². The van der Waals surface area contributed by atoms with Crippen LogP contribution < -0.4 is 11.1 Å². The predicted molar refractivity (Wildman–Crippen MR) is 96.0 cm³/mol. The third-order valence-corrected chi connectivity index (χ3v) is 3.17. The minimum atomic E-state index is -0.386. The molecule has 1 amide bonds. The molecule has 0 radical (unpaired) electrons. The van der Waals surface area contributed by atoms with Crippen molar-refractivity contribution in [1.29, 1.82) is 0 Å². The highest BCUT2D eigenvalue weighted by molar-refractivity contribution is 5.85. The molecule has 2 rings (SSSR count). The molecule has 5 nitrogen and oxygen atoms in total. The van der Waals surface area contributed by atoms with Crippen molar-refractivity contribution in [1.82, 2.24) is 10.3 Å². The van der Waals surface area contributed by atoms with Crippen molar-refractivity contribution >= 4 is 30.7 Å². The Morgan fingerprint density at radius 1 is 1.26 bits per heavy atom. The summed E-state index contributed by atoms with van der Waals surface area (Å²) in [5.41, 5.74) is 6.17. The molecule has 0 spiro atoms. The standard InChI is InChI=1S/C16H21N3O2.2ClH/c1-16(2,11-17)19-14(20)8-9-15-18-10-13(21-15)12-6-4-3-5-7-12;;/h3-7,10H,8-9,11,17H2,1-2H3,(H,19,20);2*1H. The van der Waals surface area contributed by atoms with E-state index in [-0.39, 0.29) is 36.3 Å². The number of amides is 1. The molecule has 0 saturated carbocycles. The summed E-state index contributed by atoms with van der Waals surface area (Å²) in [5.74, 6) is 1.23. The third-order valence-electron chi connectivity index (χ3n) is 3.17. The Labute approximate surface area is 148 Å². The molecule has 2 aromatic rings. The van der Waals surface area contributed by atoms with Gasteiger partial charge in [-0.1, -0.05) is 30.3 Å². The van der Waals surface area contributed by atoms with E-state index in [1.807, 2.05) is 44.2 Å². The first-order valence-corrected chi connectivity index (χ1v) is 7.01. The molecule has 0 saturated heterocycles. The molecule has 1 aromatic carbocycles. The highest BCUT2D eigenvalue weighted by atomic mass is 35.5. The highest BCUT2D eigenvalue weighted by Crippen LogP contribution is 2.20. The fourth-order valence-electron chi connectivity index (χ4n) is 1.87. The first kappa shape index (κ1) is 21.4. The van der Waals surface area contributed by atoms with Gasteiger partial charge in [0.2, 0.25) is 5.91 Å². The number of oxazole rings is 1. The Balaban J connectivity index is 0.00000242. The molecule has 1 heterocycles. The Kier molecular flexibility index (Phi) is 8.90. The minimum Gasteiger partial charge on any atom is -0.441 e. The Morgan fingerprint density at radius 2 is 1.91 bits per heavy atom. The Hall–Kier alpha value is -1.56. The summed E-state index contributed by atoms with van der Waals surface area (Å²) in [6, 6.07) is 9.76. The third kappa shape index (κ3) is 6.60. The number of benzene rings is 1. The van der Waals surface area contributed by atoms with Crippen molar-refractivity contribution in [3.8, 4) is 11.3 Å². The summed E-state index contributed by atoms with van der Waals surface area (Å²) in [6.07, 6.45) is 2.49. The zero-order chi connectivity index (χ0) is 15.3. The predicted octanol–water partition coefficient (Wildman–Crippen LogP) is 2.97. The van der Waals surface area contributed by atoms with Gasteiger partial charge >= 0.3 is 0 Å². The zero-order valence-electron chi connectivity index (χ0n) is 13.2. The molecule has 0 fully saturated rings. The largest absolute Gasteiger partial charge is 0.441 e. The van der Waals surface area contributed by atoms with Gasteiger partial charge in [0.15, 0.2) is 11.7 Å². The molecule has 0 aliphatic rings. The van der Waals surface area contributed by atoms with Crippen molar-refractivity contribution in [2.45, 2.75) is 32.2 Å². The van der Waals surface area contributed by atoms with Crippen LogP contribution in [0.5, 0.6) is 0 Å². The van der Waals surface area contributed by atoms with Gasteiger partial charge in [-0.3, -0.25) is 4.79 Å². The number of aromatic nitrogens is 1. The van der Waals surface area contributed by atoms with Crippen LogP contribution in [0.2, 0.25) is 0 Å². The lowest BCUT2D eigenvalue weighted by Crippen LogP contribution is -2.48. The van der Waals surface area contributed by atoms with Gasteiger partial charge in [0.05, 0.1) is 6.20 Å². The lowest BCUT2D eigenvalue weighted by molar-refractivity contribution is -0.122. The topological polar surface area (TPSA) is 81.1 Å². The van der Waals surface area contributed by atoms with Crippen molar-refractivity contribution in [2.75, 3.05) is 6.54 Å². The van der Waals surface area contributed by atoms with Crippen LogP contribution in [0.25, 0.3) is 11.3 Å². The molecule has 0 bridgehead atoms. The maximum Gasteiger partial charge on any atom is 0.220 e. The maximum atomic E-state index is 11.8.